The zero-order chi connectivity index (χ0) is 21.1. The maximum absolute atomic E-state index is 14.2. The summed E-state index contributed by atoms with van der Waals surface area (Å²) in [5, 5.41) is 8.70. The van der Waals surface area contributed by atoms with Crippen molar-refractivity contribution < 1.29 is 18.3 Å². The normalized spacial score (nSPS) is 15.1. The average molecular weight is 415 g/mol. The summed E-state index contributed by atoms with van der Waals surface area (Å²) in [6.07, 6.45) is 3.87. The summed E-state index contributed by atoms with van der Waals surface area (Å²) in [6, 6.07) is 6.98. The predicted molar refractivity (Wildman–Crippen MR) is 112 cm³/mol. The van der Waals surface area contributed by atoms with E-state index in [1.54, 1.807) is 12.3 Å². The molecule has 0 bridgehead atoms. The first kappa shape index (κ1) is 20.6. The van der Waals surface area contributed by atoms with Crippen molar-refractivity contribution >= 4 is 10.9 Å². The van der Waals surface area contributed by atoms with Gasteiger partial charge in [-0.3, -0.25) is 4.68 Å². The predicted octanol–water partition coefficient (Wildman–Crippen LogP) is 5.14. The number of nitrogens with zero attached hydrogens (tertiary/aromatic N) is 2. The molecule has 30 heavy (non-hydrogen) atoms. The molecule has 1 aromatic heterocycles. The number of halogens is 2. The van der Waals surface area contributed by atoms with Gasteiger partial charge in [0.05, 0.1) is 18.3 Å². The first-order valence-corrected chi connectivity index (χ1v) is 10.5. The van der Waals surface area contributed by atoms with Crippen LogP contribution in [-0.4, -0.2) is 29.5 Å². The van der Waals surface area contributed by atoms with Crippen molar-refractivity contribution in [2.24, 2.45) is 11.8 Å². The van der Waals surface area contributed by atoms with Crippen molar-refractivity contribution in [3.05, 3.63) is 48.2 Å². The molecule has 0 unspecified atom stereocenters. The van der Waals surface area contributed by atoms with Crippen LogP contribution in [-0.2, 0) is 6.54 Å². The Kier molecular flexibility index (Phi) is 6.18. The molecular weight excluding hydrogens is 388 g/mol. The zero-order valence-corrected chi connectivity index (χ0v) is 17.3. The number of benzene rings is 2. The molecular formula is C23H27F2N3O2. The Labute approximate surface area is 175 Å². The highest BCUT2D eigenvalue weighted by Gasteiger charge is 2.18. The van der Waals surface area contributed by atoms with Crippen LogP contribution in [0.25, 0.3) is 10.9 Å². The topological polar surface area (TPSA) is 48.3 Å². The quantitative estimate of drug-likeness (QED) is 0.580. The van der Waals surface area contributed by atoms with Gasteiger partial charge in [0.25, 0.3) is 0 Å². The highest BCUT2D eigenvalue weighted by molar-refractivity contribution is 5.83. The second-order valence-corrected chi connectivity index (χ2v) is 8.26. The second kappa shape index (κ2) is 9.00. The van der Waals surface area contributed by atoms with Crippen molar-refractivity contribution in [3.63, 3.8) is 0 Å². The number of rotatable bonds is 7. The fourth-order valence-corrected chi connectivity index (χ4v) is 3.70. The zero-order valence-electron chi connectivity index (χ0n) is 17.3. The SMILES string of the molecule is CC(C)Cn1ncc2cc(Oc3ccc(F)cc3F)c(OCC3CCNCC3)cc21. The van der Waals surface area contributed by atoms with E-state index in [9.17, 15) is 8.78 Å². The van der Waals surface area contributed by atoms with E-state index < -0.39 is 11.6 Å². The Balaban J connectivity index is 1.66. The van der Waals surface area contributed by atoms with Crippen molar-refractivity contribution in [1.82, 2.24) is 15.1 Å². The van der Waals surface area contributed by atoms with E-state index in [0.29, 0.717) is 29.9 Å². The molecule has 0 amide bonds. The molecule has 2 heterocycles. The second-order valence-electron chi connectivity index (χ2n) is 8.26. The van der Waals surface area contributed by atoms with E-state index >= 15 is 0 Å². The van der Waals surface area contributed by atoms with Gasteiger partial charge in [-0.15, -0.1) is 0 Å². The summed E-state index contributed by atoms with van der Waals surface area (Å²) in [4.78, 5) is 0. The maximum Gasteiger partial charge on any atom is 0.170 e. The molecule has 0 spiro atoms. The fourth-order valence-electron chi connectivity index (χ4n) is 3.70. The van der Waals surface area contributed by atoms with Crippen molar-refractivity contribution in [1.29, 1.82) is 0 Å². The van der Waals surface area contributed by atoms with Crippen LogP contribution >= 0.6 is 0 Å². The third kappa shape index (κ3) is 4.73. The van der Waals surface area contributed by atoms with Crippen LogP contribution in [0.4, 0.5) is 8.78 Å². The molecule has 7 heteroatoms. The smallest absolute Gasteiger partial charge is 0.170 e. The van der Waals surface area contributed by atoms with Gasteiger partial charge in [-0.2, -0.15) is 5.10 Å². The fraction of sp³-hybridized carbons (Fsp3) is 0.435. The van der Waals surface area contributed by atoms with Crippen LogP contribution in [0.5, 0.6) is 17.2 Å². The average Bonchev–Trinajstić information content (AvgIpc) is 3.10. The Hall–Kier alpha value is -2.67. The van der Waals surface area contributed by atoms with Crippen LogP contribution in [0.1, 0.15) is 26.7 Å². The molecule has 0 aliphatic carbocycles. The lowest BCUT2D eigenvalue weighted by Gasteiger charge is -2.23. The van der Waals surface area contributed by atoms with Gasteiger partial charge < -0.3 is 14.8 Å². The molecule has 2 aromatic carbocycles. The number of fused-ring (bicyclic) bond motifs is 1. The van der Waals surface area contributed by atoms with Gasteiger partial charge in [0.15, 0.2) is 23.1 Å². The number of hydrogen-bond acceptors (Lipinski definition) is 4. The number of nitrogens with one attached hydrogen (secondary N) is 1. The van der Waals surface area contributed by atoms with E-state index in [0.717, 1.165) is 49.4 Å². The molecule has 0 saturated carbocycles. The summed E-state index contributed by atoms with van der Waals surface area (Å²) < 4.78 is 41.4. The van der Waals surface area contributed by atoms with Gasteiger partial charge in [-0.05, 0) is 56.0 Å². The van der Waals surface area contributed by atoms with Crippen LogP contribution in [0, 0.1) is 23.5 Å². The van der Waals surface area contributed by atoms with Gasteiger partial charge >= 0.3 is 0 Å². The van der Waals surface area contributed by atoms with Gasteiger partial charge in [0, 0.05) is 24.1 Å². The molecule has 1 fully saturated rings. The van der Waals surface area contributed by atoms with Crippen LogP contribution in [0.2, 0.25) is 0 Å². The van der Waals surface area contributed by atoms with Crippen LogP contribution in [0.15, 0.2) is 36.5 Å². The van der Waals surface area contributed by atoms with Gasteiger partial charge in [0.2, 0.25) is 0 Å². The summed E-state index contributed by atoms with van der Waals surface area (Å²) in [5.41, 5.74) is 0.941. The summed E-state index contributed by atoms with van der Waals surface area (Å²) >= 11 is 0. The summed E-state index contributed by atoms with van der Waals surface area (Å²) in [5.74, 6) is 0.385. The van der Waals surface area contributed by atoms with Gasteiger partial charge in [-0.25, -0.2) is 8.78 Å². The van der Waals surface area contributed by atoms with Crippen molar-refractivity contribution in [2.45, 2.75) is 33.2 Å². The van der Waals surface area contributed by atoms with Gasteiger partial charge in [-0.1, -0.05) is 13.8 Å². The van der Waals surface area contributed by atoms with Crippen molar-refractivity contribution in [3.8, 4) is 17.2 Å². The summed E-state index contributed by atoms with van der Waals surface area (Å²) in [6.45, 7) is 7.59. The number of aromatic nitrogens is 2. The first-order valence-electron chi connectivity index (χ1n) is 10.5. The molecule has 0 radical (unpaired) electrons. The van der Waals surface area contributed by atoms with E-state index in [1.165, 1.54) is 12.1 Å². The molecule has 0 atom stereocenters. The third-order valence-corrected chi connectivity index (χ3v) is 5.29. The molecule has 5 nitrogen and oxygen atoms in total. The molecule has 1 N–H and O–H groups in total. The monoisotopic (exact) mass is 415 g/mol. The summed E-state index contributed by atoms with van der Waals surface area (Å²) in [7, 11) is 0. The third-order valence-electron chi connectivity index (χ3n) is 5.29. The maximum atomic E-state index is 14.2. The Morgan fingerprint density at radius 3 is 2.63 bits per heavy atom. The van der Waals surface area contributed by atoms with Crippen LogP contribution < -0.4 is 14.8 Å². The molecule has 3 aromatic rings. The van der Waals surface area contributed by atoms with E-state index in [1.807, 2.05) is 10.7 Å². The van der Waals surface area contributed by atoms with E-state index in [2.05, 4.69) is 24.3 Å². The number of hydrogen-bond donors (Lipinski definition) is 1. The highest BCUT2D eigenvalue weighted by atomic mass is 19.1. The lowest BCUT2D eigenvalue weighted by Crippen LogP contribution is -2.30. The minimum absolute atomic E-state index is 0.0444. The first-order chi connectivity index (χ1) is 14.5. The lowest BCUT2D eigenvalue weighted by molar-refractivity contribution is 0.210. The minimum Gasteiger partial charge on any atom is -0.489 e. The number of ether oxygens (including phenoxy) is 2. The molecule has 1 saturated heterocycles. The van der Waals surface area contributed by atoms with Crippen LogP contribution in [0.3, 0.4) is 0 Å². The van der Waals surface area contributed by atoms with Crippen molar-refractivity contribution in [2.75, 3.05) is 19.7 Å². The van der Waals surface area contributed by atoms with E-state index in [-0.39, 0.29) is 5.75 Å². The van der Waals surface area contributed by atoms with E-state index in [4.69, 9.17) is 9.47 Å². The highest BCUT2D eigenvalue weighted by Crippen LogP contribution is 2.37. The Bertz CT molecular complexity index is 1010. The largest absolute Gasteiger partial charge is 0.489 e. The molecule has 1 aliphatic heterocycles. The van der Waals surface area contributed by atoms with Gasteiger partial charge in [0.1, 0.15) is 5.82 Å². The number of piperidine rings is 1. The lowest BCUT2D eigenvalue weighted by atomic mass is 9.99. The minimum atomic E-state index is -0.755. The standard InChI is InChI=1S/C23H27F2N3O2/c1-15(2)13-28-20-11-22(29-14-16-5-7-26-8-6-16)23(9-17(20)12-27-28)30-21-4-3-18(24)10-19(21)25/h3-4,9-12,15-16,26H,5-8,13-14H2,1-2H3. The molecule has 1 aliphatic rings. The Morgan fingerprint density at radius 1 is 1.10 bits per heavy atom. The Morgan fingerprint density at radius 2 is 1.90 bits per heavy atom. The molecule has 160 valence electrons. The molecule has 4 rings (SSSR count).